The fourth-order valence-corrected chi connectivity index (χ4v) is 3.30. The fourth-order valence-electron chi connectivity index (χ4n) is 3.30. The summed E-state index contributed by atoms with van der Waals surface area (Å²) < 4.78 is 0. The molecule has 0 aromatic heterocycles. The number of carbonyl (C=O) groups is 2. The van der Waals surface area contributed by atoms with Crippen molar-refractivity contribution in [3.63, 3.8) is 0 Å². The minimum absolute atomic E-state index is 0.0243. The molecule has 3 rings (SSSR count). The van der Waals surface area contributed by atoms with Crippen molar-refractivity contribution in [2.45, 2.75) is 25.8 Å². The molecule has 2 amide bonds. The summed E-state index contributed by atoms with van der Waals surface area (Å²) in [5.74, 6) is 0.217. The lowest BCUT2D eigenvalue weighted by atomic mass is 9.92. The summed E-state index contributed by atoms with van der Waals surface area (Å²) in [7, 11) is 0. The fraction of sp³-hybridized carbons (Fsp3) is 0.333. The molecular weight excluding hydrogens is 326 g/mol. The molecule has 0 aliphatic carbocycles. The van der Waals surface area contributed by atoms with Crippen LogP contribution in [0.1, 0.15) is 40.5 Å². The largest absolute Gasteiger partial charge is 0.338 e. The number of hydrogen-bond acceptors (Lipinski definition) is 3. The van der Waals surface area contributed by atoms with Crippen molar-refractivity contribution < 1.29 is 9.59 Å². The van der Waals surface area contributed by atoms with Crippen LogP contribution in [0.4, 0.5) is 5.69 Å². The Labute approximate surface area is 154 Å². The summed E-state index contributed by atoms with van der Waals surface area (Å²) in [6, 6.07) is 16.2. The lowest BCUT2D eigenvalue weighted by Gasteiger charge is -2.34. The Kier molecular flexibility index (Phi) is 5.68. The smallest absolute Gasteiger partial charge is 0.255 e. The molecule has 0 radical (unpaired) electrons. The van der Waals surface area contributed by atoms with Gasteiger partial charge < -0.3 is 16.0 Å². The van der Waals surface area contributed by atoms with E-state index in [1.807, 2.05) is 30.0 Å². The van der Waals surface area contributed by atoms with Crippen LogP contribution in [-0.4, -0.2) is 35.8 Å². The van der Waals surface area contributed by atoms with Gasteiger partial charge in [-0.1, -0.05) is 18.2 Å². The number of hydrogen-bond donors (Lipinski definition) is 2. The van der Waals surface area contributed by atoms with Crippen LogP contribution in [-0.2, 0) is 0 Å². The molecule has 0 bridgehead atoms. The first-order chi connectivity index (χ1) is 12.5. The number of nitrogens with two attached hydrogens (primary N) is 1. The van der Waals surface area contributed by atoms with E-state index in [1.54, 1.807) is 36.4 Å². The van der Waals surface area contributed by atoms with E-state index in [1.165, 1.54) is 0 Å². The second-order valence-corrected chi connectivity index (χ2v) is 6.91. The summed E-state index contributed by atoms with van der Waals surface area (Å²) in [4.78, 5) is 26.8. The summed E-state index contributed by atoms with van der Waals surface area (Å²) in [5.41, 5.74) is 7.91. The zero-order valence-electron chi connectivity index (χ0n) is 15.0. The number of benzene rings is 2. The van der Waals surface area contributed by atoms with Crippen molar-refractivity contribution in [3.8, 4) is 0 Å². The minimum atomic E-state index is -0.166. The van der Waals surface area contributed by atoms with Gasteiger partial charge in [-0.05, 0) is 62.1 Å². The number of rotatable bonds is 4. The van der Waals surface area contributed by atoms with Crippen molar-refractivity contribution in [2.24, 2.45) is 11.7 Å². The highest BCUT2D eigenvalue weighted by molar-refractivity contribution is 6.04. The van der Waals surface area contributed by atoms with E-state index >= 15 is 0 Å². The van der Waals surface area contributed by atoms with Crippen molar-refractivity contribution in [3.05, 3.63) is 65.7 Å². The summed E-state index contributed by atoms with van der Waals surface area (Å²) in [6.45, 7) is 3.49. The third-order valence-electron chi connectivity index (χ3n) is 4.91. The summed E-state index contributed by atoms with van der Waals surface area (Å²) in [5, 5.41) is 2.85. The van der Waals surface area contributed by atoms with Crippen LogP contribution >= 0.6 is 0 Å². The van der Waals surface area contributed by atoms with Gasteiger partial charge in [-0.2, -0.15) is 0 Å². The molecular formula is C21H25N3O2. The molecule has 1 fully saturated rings. The Balaban J connectivity index is 1.63. The number of amides is 2. The molecule has 2 aromatic carbocycles. The van der Waals surface area contributed by atoms with Crippen LogP contribution in [0.25, 0.3) is 0 Å². The maximum Gasteiger partial charge on any atom is 0.255 e. The maximum absolute atomic E-state index is 12.7. The summed E-state index contributed by atoms with van der Waals surface area (Å²) >= 11 is 0. The average molecular weight is 351 g/mol. The normalized spacial score (nSPS) is 18.2. The van der Waals surface area contributed by atoms with Crippen molar-refractivity contribution in [2.75, 3.05) is 18.4 Å². The molecule has 3 N–H and O–H groups in total. The number of anilines is 1. The zero-order valence-corrected chi connectivity index (χ0v) is 15.0. The van der Waals surface area contributed by atoms with Gasteiger partial charge in [0.25, 0.3) is 11.8 Å². The third-order valence-corrected chi connectivity index (χ3v) is 4.91. The monoisotopic (exact) mass is 351 g/mol. The number of piperidine rings is 1. The Morgan fingerprint density at radius 2 is 1.77 bits per heavy atom. The van der Waals surface area contributed by atoms with E-state index in [4.69, 9.17) is 5.73 Å². The molecule has 1 aliphatic rings. The quantitative estimate of drug-likeness (QED) is 0.888. The highest BCUT2D eigenvalue weighted by Crippen LogP contribution is 2.21. The van der Waals surface area contributed by atoms with Crippen LogP contribution in [0.2, 0.25) is 0 Å². The van der Waals surface area contributed by atoms with Crippen molar-refractivity contribution in [1.82, 2.24) is 4.90 Å². The van der Waals surface area contributed by atoms with Gasteiger partial charge in [0.05, 0.1) is 0 Å². The molecule has 0 saturated carbocycles. The lowest BCUT2D eigenvalue weighted by Crippen LogP contribution is -2.45. The molecule has 2 atom stereocenters. The Morgan fingerprint density at radius 3 is 2.42 bits per heavy atom. The maximum atomic E-state index is 12.7. The van der Waals surface area contributed by atoms with E-state index in [0.29, 0.717) is 29.3 Å². The van der Waals surface area contributed by atoms with Gasteiger partial charge in [0.1, 0.15) is 0 Å². The van der Waals surface area contributed by atoms with E-state index in [0.717, 1.165) is 19.4 Å². The van der Waals surface area contributed by atoms with Crippen LogP contribution in [0.3, 0.4) is 0 Å². The molecule has 1 heterocycles. The average Bonchev–Trinajstić information content (AvgIpc) is 2.68. The number of nitrogens with zero attached hydrogens (tertiary/aromatic N) is 1. The number of nitrogens with one attached hydrogen (secondary N) is 1. The predicted molar refractivity (Wildman–Crippen MR) is 103 cm³/mol. The third kappa shape index (κ3) is 4.29. The van der Waals surface area contributed by atoms with E-state index in [9.17, 15) is 9.59 Å². The van der Waals surface area contributed by atoms with Gasteiger partial charge in [0.15, 0.2) is 0 Å². The Bertz CT molecular complexity index is 757. The predicted octanol–water partition coefficient (Wildman–Crippen LogP) is 3.14. The van der Waals surface area contributed by atoms with Crippen molar-refractivity contribution in [1.29, 1.82) is 0 Å². The summed E-state index contributed by atoms with van der Waals surface area (Å²) in [6.07, 6.45) is 2.06. The van der Waals surface area contributed by atoms with Crippen molar-refractivity contribution >= 4 is 17.5 Å². The van der Waals surface area contributed by atoms with Gasteiger partial charge in [-0.15, -0.1) is 0 Å². The highest BCUT2D eigenvalue weighted by Gasteiger charge is 2.26. The van der Waals surface area contributed by atoms with Gasteiger partial charge in [0.2, 0.25) is 0 Å². The van der Waals surface area contributed by atoms with Crippen LogP contribution in [0.15, 0.2) is 54.6 Å². The molecule has 0 spiro atoms. The van der Waals surface area contributed by atoms with Crippen LogP contribution in [0.5, 0.6) is 0 Å². The molecule has 5 heteroatoms. The lowest BCUT2D eigenvalue weighted by molar-refractivity contribution is 0.0661. The molecule has 1 aliphatic heterocycles. The van der Waals surface area contributed by atoms with Gasteiger partial charge in [-0.3, -0.25) is 9.59 Å². The second kappa shape index (κ2) is 8.15. The van der Waals surface area contributed by atoms with Crippen LogP contribution < -0.4 is 11.1 Å². The van der Waals surface area contributed by atoms with E-state index < -0.39 is 0 Å². The standard InChI is InChI=1S/C21H25N3O2/c1-15(22)18-8-5-13-24(14-18)21(26)17-9-11-19(12-10-17)23-20(25)16-6-3-2-4-7-16/h2-4,6-7,9-12,15,18H,5,8,13-14,22H2,1H3,(H,23,25). The molecule has 1 saturated heterocycles. The molecule has 2 unspecified atom stereocenters. The van der Waals surface area contributed by atoms with Gasteiger partial charge in [-0.25, -0.2) is 0 Å². The highest BCUT2D eigenvalue weighted by atomic mass is 16.2. The van der Waals surface area contributed by atoms with E-state index in [2.05, 4.69) is 5.32 Å². The molecule has 136 valence electrons. The Morgan fingerprint density at radius 1 is 1.08 bits per heavy atom. The van der Waals surface area contributed by atoms with Gasteiger partial charge >= 0.3 is 0 Å². The van der Waals surface area contributed by atoms with Crippen LogP contribution in [0, 0.1) is 5.92 Å². The topological polar surface area (TPSA) is 75.4 Å². The molecule has 5 nitrogen and oxygen atoms in total. The molecule has 26 heavy (non-hydrogen) atoms. The van der Waals surface area contributed by atoms with Gasteiger partial charge in [0, 0.05) is 35.9 Å². The number of carbonyl (C=O) groups excluding carboxylic acids is 2. The SMILES string of the molecule is CC(N)C1CCCN(C(=O)c2ccc(NC(=O)c3ccccc3)cc2)C1. The molecule has 2 aromatic rings. The van der Waals surface area contributed by atoms with E-state index in [-0.39, 0.29) is 17.9 Å². The first kappa shape index (κ1) is 18.1. The first-order valence-corrected chi connectivity index (χ1v) is 9.06. The Hall–Kier alpha value is -2.66. The number of likely N-dealkylation sites (tertiary alicyclic amines) is 1. The first-order valence-electron chi connectivity index (χ1n) is 9.06. The zero-order chi connectivity index (χ0) is 18.5. The minimum Gasteiger partial charge on any atom is -0.338 e. The second-order valence-electron chi connectivity index (χ2n) is 6.91.